The van der Waals surface area contributed by atoms with Gasteiger partial charge in [-0.15, -0.1) is 0 Å². The first-order valence-electron chi connectivity index (χ1n) is 7.50. The normalized spacial score (nSPS) is 12.6. The van der Waals surface area contributed by atoms with Gasteiger partial charge in [0.15, 0.2) is 0 Å². The summed E-state index contributed by atoms with van der Waals surface area (Å²) >= 11 is 6.04. The van der Waals surface area contributed by atoms with E-state index in [1.165, 1.54) is 24.3 Å². The van der Waals surface area contributed by atoms with Gasteiger partial charge in [0, 0.05) is 9.92 Å². The second-order valence-electron chi connectivity index (χ2n) is 5.31. The van der Waals surface area contributed by atoms with Crippen LogP contribution in [0.4, 0.5) is 0 Å². The van der Waals surface area contributed by atoms with Crippen molar-refractivity contribution >= 4 is 74.1 Å². The molecule has 1 rings (SSSR count). The van der Waals surface area contributed by atoms with Crippen LogP contribution in [0.2, 0.25) is 5.02 Å². The Morgan fingerprint density at radius 1 is 1.07 bits per heavy atom. The summed E-state index contributed by atoms with van der Waals surface area (Å²) in [5.74, 6) is -0.933. The fourth-order valence-corrected chi connectivity index (χ4v) is 5.66. The Morgan fingerprint density at radius 3 is 1.89 bits per heavy atom. The zero-order valence-electron chi connectivity index (χ0n) is 14.1. The van der Waals surface area contributed by atoms with E-state index in [-0.39, 0.29) is 29.6 Å². The molecule has 10 nitrogen and oxygen atoms in total. The zero-order chi connectivity index (χ0) is 21.3. The molecule has 9 N–H and O–H groups in total. The van der Waals surface area contributed by atoms with Crippen LogP contribution >= 0.6 is 38.6 Å². The van der Waals surface area contributed by atoms with Gasteiger partial charge in [-0.05, 0) is 43.7 Å². The first kappa shape index (κ1) is 30.7. The van der Waals surface area contributed by atoms with E-state index >= 15 is 0 Å². The van der Waals surface area contributed by atoms with Crippen molar-refractivity contribution in [1.29, 1.82) is 0 Å². The summed E-state index contributed by atoms with van der Waals surface area (Å²) in [6.07, 6.45) is 2.16. The van der Waals surface area contributed by atoms with Crippen molar-refractivity contribution in [2.75, 3.05) is 6.54 Å². The number of unbranched alkanes of at least 4 members (excludes halogenated alkanes) is 1. The molecule has 0 amide bonds. The van der Waals surface area contributed by atoms with Crippen LogP contribution in [0, 0.1) is 0 Å². The number of nitrogens with two attached hydrogens (primary N) is 2. The number of thioether (sulfide) groups is 1. The third-order valence-corrected chi connectivity index (χ3v) is 9.16. The predicted octanol–water partition coefficient (Wildman–Crippen LogP) is 0.950. The molecular formula is C13H24ClN2NaO8P2S. The van der Waals surface area contributed by atoms with Gasteiger partial charge in [-0.25, -0.2) is 0 Å². The number of aliphatic carboxylic acids is 1. The van der Waals surface area contributed by atoms with E-state index in [1.54, 1.807) is 0 Å². The molecule has 1 atom stereocenters. The summed E-state index contributed by atoms with van der Waals surface area (Å²) in [6.45, 7) is 0.604. The number of hydrogen-bond acceptors (Lipinski definition) is 6. The molecule has 28 heavy (non-hydrogen) atoms. The van der Waals surface area contributed by atoms with Gasteiger partial charge in [-0.3, -0.25) is 13.9 Å². The molecule has 15 heteroatoms. The van der Waals surface area contributed by atoms with Crippen molar-refractivity contribution in [2.45, 2.75) is 34.9 Å². The van der Waals surface area contributed by atoms with Crippen LogP contribution in [0.1, 0.15) is 19.3 Å². The zero-order valence-corrected chi connectivity index (χ0v) is 17.4. The number of carboxylic acids is 1. The molecule has 0 heterocycles. The Balaban J connectivity index is 0. The first-order valence-corrected chi connectivity index (χ1v) is 12.1. The molecule has 0 saturated carbocycles. The van der Waals surface area contributed by atoms with Crippen LogP contribution in [0.3, 0.4) is 0 Å². The van der Waals surface area contributed by atoms with Gasteiger partial charge in [0.05, 0.1) is 0 Å². The third kappa shape index (κ3) is 13.7. The van der Waals surface area contributed by atoms with Gasteiger partial charge in [-0.2, -0.15) is 0 Å². The molecule has 0 aliphatic rings. The quantitative estimate of drug-likeness (QED) is 0.113. The van der Waals surface area contributed by atoms with Crippen LogP contribution in [0.5, 0.6) is 0 Å². The van der Waals surface area contributed by atoms with Gasteiger partial charge in [-0.1, -0.05) is 29.8 Å². The number of hydrogen-bond donors (Lipinski definition) is 7. The minimum atomic E-state index is -4.91. The monoisotopic (exact) mass is 488 g/mol. The minimum absolute atomic E-state index is 0. The maximum atomic E-state index is 11.0. The molecule has 1 aromatic carbocycles. The van der Waals surface area contributed by atoms with Crippen LogP contribution in [-0.2, 0) is 13.9 Å². The molecule has 0 aliphatic heterocycles. The fourth-order valence-electron chi connectivity index (χ4n) is 1.60. The van der Waals surface area contributed by atoms with Crippen molar-refractivity contribution in [3.05, 3.63) is 29.3 Å². The number of carboxylic acid groups (broad SMARTS) is 1. The van der Waals surface area contributed by atoms with Gasteiger partial charge in [0.2, 0.25) is 4.73 Å². The SMILES string of the molecule is NCCCCC(N)C(=O)O.O=P(O)(O)C(Sc1ccc(Cl)cc1)P(=O)(O)O.[NaH]. The van der Waals surface area contributed by atoms with E-state index in [9.17, 15) is 13.9 Å². The number of carbonyl (C=O) groups is 1. The summed E-state index contributed by atoms with van der Waals surface area (Å²) in [5, 5.41) is 8.74. The summed E-state index contributed by atoms with van der Waals surface area (Å²) < 4.78 is 19.9. The van der Waals surface area contributed by atoms with Gasteiger partial charge in [0.1, 0.15) is 6.04 Å². The van der Waals surface area contributed by atoms with Gasteiger partial charge < -0.3 is 36.1 Å². The number of halogens is 1. The topological polar surface area (TPSA) is 204 Å². The summed E-state index contributed by atoms with van der Waals surface area (Å²) in [4.78, 5) is 46.1. The molecule has 1 aromatic rings. The molecule has 0 fully saturated rings. The first-order chi connectivity index (χ1) is 12.3. The molecular weight excluding hydrogens is 465 g/mol. The van der Waals surface area contributed by atoms with Crippen molar-refractivity contribution in [3.63, 3.8) is 0 Å². The Hall–Kier alpha value is 0.550. The number of rotatable bonds is 9. The Labute approximate surface area is 194 Å². The summed E-state index contributed by atoms with van der Waals surface area (Å²) in [6, 6.07) is 5.04. The molecule has 1 unspecified atom stereocenters. The summed E-state index contributed by atoms with van der Waals surface area (Å²) in [5.41, 5.74) is 10.4. The van der Waals surface area contributed by atoms with E-state index < -0.39 is 31.9 Å². The van der Waals surface area contributed by atoms with E-state index in [4.69, 9.17) is 47.7 Å². The van der Waals surface area contributed by atoms with E-state index in [2.05, 4.69) is 0 Å². The van der Waals surface area contributed by atoms with Crippen LogP contribution in [0.25, 0.3) is 0 Å². The Bertz CT molecular complexity index is 666. The fraction of sp³-hybridized carbons (Fsp3) is 0.462. The maximum absolute atomic E-state index is 11.0. The average molecular weight is 489 g/mol. The predicted molar refractivity (Wildman–Crippen MR) is 111 cm³/mol. The third-order valence-electron chi connectivity index (χ3n) is 2.92. The van der Waals surface area contributed by atoms with Crippen LogP contribution in [0.15, 0.2) is 29.2 Å². The molecule has 0 spiro atoms. The summed E-state index contributed by atoms with van der Waals surface area (Å²) in [7, 11) is -9.82. The van der Waals surface area contributed by atoms with E-state index in [0.717, 1.165) is 12.8 Å². The molecule has 0 saturated heterocycles. The molecule has 158 valence electrons. The standard InChI is InChI=1S/C7H9ClO6P2S.C6H14N2O2.Na.H/c8-5-1-3-6(4-2-5)17-7(15(9,10)11)16(12,13)14;7-4-2-1-3-5(8)6(9)10;;/h1-4,7H,(H2,9,10,11)(H2,12,13,14);5H,1-4,7-8H2,(H,9,10);;. The molecule has 0 aromatic heterocycles. The second kappa shape index (κ2) is 14.5. The van der Waals surface area contributed by atoms with Gasteiger partial charge in [0.25, 0.3) is 0 Å². The Kier molecular flexibility index (Phi) is 16.0. The van der Waals surface area contributed by atoms with Crippen LogP contribution in [-0.4, -0.2) is 77.5 Å². The number of benzene rings is 1. The van der Waals surface area contributed by atoms with Crippen molar-refractivity contribution in [3.8, 4) is 0 Å². The van der Waals surface area contributed by atoms with E-state index in [0.29, 0.717) is 34.6 Å². The average Bonchev–Trinajstić information content (AvgIpc) is 2.52. The van der Waals surface area contributed by atoms with Crippen molar-refractivity contribution in [2.24, 2.45) is 11.5 Å². The Morgan fingerprint density at radius 2 is 1.54 bits per heavy atom. The van der Waals surface area contributed by atoms with Gasteiger partial charge >= 0.3 is 50.7 Å². The van der Waals surface area contributed by atoms with Crippen LogP contribution < -0.4 is 11.5 Å². The second-order valence-corrected chi connectivity index (χ2v) is 11.4. The van der Waals surface area contributed by atoms with Crippen molar-refractivity contribution in [1.82, 2.24) is 0 Å². The molecule has 0 aliphatic carbocycles. The van der Waals surface area contributed by atoms with E-state index in [1.807, 2.05) is 0 Å². The molecule has 0 radical (unpaired) electrons. The molecule has 0 bridgehead atoms. The van der Waals surface area contributed by atoms with Crippen molar-refractivity contribution < 1.29 is 38.6 Å².